The Labute approximate surface area is 157 Å². The summed E-state index contributed by atoms with van der Waals surface area (Å²) in [7, 11) is 5.58. The second-order valence-electron chi connectivity index (χ2n) is 5.56. The Balaban J connectivity index is 1.63. The molecule has 0 amide bonds. The number of carbonyl (C=O) groups is 2. The highest BCUT2D eigenvalue weighted by atomic mass is 16.5. The van der Waals surface area contributed by atoms with Crippen molar-refractivity contribution in [2.45, 2.75) is 0 Å². The molecule has 128 valence electrons. The number of benzene rings is 3. The van der Waals surface area contributed by atoms with E-state index in [1.165, 1.54) is 24.3 Å². The van der Waals surface area contributed by atoms with Gasteiger partial charge in [0.05, 0.1) is 22.8 Å². The Morgan fingerprint density at radius 1 is 0.704 bits per heavy atom. The van der Waals surface area contributed by atoms with Crippen molar-refractivity contribution in [2.75, 3.05) is 0 Å². The summed E-state index contributed by atoms with van der Waals surface area (Å²) in [6, 6.07) is 20.5. The summed E-state index contributed by atoms with van der Waals surface area (Å²) in [6.07, 6.45) is 0. The maximum atomic E-state index is 12.1. The van der Waals surface area contributed by atoms with Crippen molar-refractivity contribution in [3.05, 3.63) is 89.5 Å². The van der Waals surface area contributed by atoms with Crippen LogP contribution in [0.15, 0.2) is 72.8 Å². The molecule has 0 aromatic heterocycles. The van der Waals surface area contributed by atoms with Crippen molar-refractivity contribution in [3.63, 3.8) is 0 Å². The molecule has 3 aromatic rings. The van der Waals surface area contributed by atoms with E-state index in [9.17, 15) is 9.59 Å². The molecule has 0 aliphatic rings. The molecule has 0 spiro atoms. The van der Waals surface area contributed by atoms with Gasteiger partial charge in [0, 0.05) is 0 Å². The van der Waals surface area contributed by atoms with Crippen LogP contribution >= 0.6 is 0 Å². The number of rotatable bonds is 4. The van der Waals surface area contributed by atoms with E-state index in [0.717, 1.165) is 0 Å². The van der Waals surface area contributed by atoms with Crippen LogP contribution in [0.3, 0.4) is 0 Å². The fraction of sp³-hybridized carbons (Fsp3) is 0. The summed E-state index contributed by atoms with van der Waals surface area (Å²) in [5, 5.41) is 8.76. The van der Waals surface area contributed by atoms with Gasteiger partial charge in [-0.05, 0) is 60.7 Å². The highest BCUT2D eigenvalue weighted by Crippen LogP contribution is 2.17. The van der Waals surface area contributed by atoms with Crippen molar-refractivity contribution in [1.82, 2.24) is 0 Å². The first-order valence-electron chi connectivity index (χ1n) is 7.95. The van der Waals surface area contributed by atoms with E-state index in [1.807, 2.05) is 6.07 Å². The van der Waals surface area contributed by atoms with Gasteiger partial charge in [0.25, 0.3) is 0 Å². The molecule has 3 rings (SSSR count). The second kappa shape index (κ2) is 8.02. The molecule has 0 atom stereocenters. The van der Waals surface area contributed by atoms with Gasteiger partial charge < -0.3 is 9.47 Å². The number of nitriles is 1. The molecule has 0 heterocycles. The first-order chi connectivity index (χ1) is 13.0. The smallest absolute Gasteiger partial charge is 0.343 e. The average Bonchev–Trinajstić information content (AvgIpc) is 2.69. The average molecular weight is 353 g/mol. The Hall–Kier alpha value is -3.85. The minimum Gasteiger partial charge on any atom is -0.423 e. The van der Waals surface area contributed by atoms with Gasteiger partial charge in [-0.15, -0.1) is 0 Å². The Morgan fingerprint density at radius 2 is 1.11 bits per heavy atom. The number of hydrogen-bond acceptors (Lipinski definition) is 5. The molecule has 0 aliphatic heterocycles. The number of esters is 2. The normalized spacial score (nSPS) is 9.89. The van der Waals surface area contributed by atoms with Crippen LogP contribution in [-0.2, 0) is 0 Å². The molecule has 0 bridgehead atoms. The van der Waals surface area contributed by atoms with Gasteiger partial charge in [0.2, 0.25) is 0 Å². The molecule has 0 aliphatic carbocycles. The van der Waals surface area contributed by atoms with E-state index in [4.69, 9.17) is 22.6 Å². The van der Waals surface area contributed by atoms with Gasteiger partial charge in [-0.2, -0.15) is 5.26 Å². The molecule has 3 aromatic carbocycles. The summed E-state index contributed by atoms with van der Waals surface area (Å²) in [5.41, 5.74) is 1.69. The summed E-state index contributed by atoms with van der Waals surface area (Å²) in [4.78, 5) is 24.2. The Kier molecular flexibility index (Phi) is 5.34. The number of ether oxygens (including phenoxy) is 2. The van der Waals surface area contributed by atoms with E-state index < -0.39 is 11.9 Å². The molecule has 2 radical (unpaired) electrons. The van der Waals surface area contributed by atoms with E-state index in [0.29, 0.717) is 33.7 Å². The topological polar surface area (TPSA) is 76.4 Å². The highest BCUT2D eigenvalue weighted by Gasteiger charge is 2.11. The van der Waals surface area contributed by atoms with Crippen molar-refractivity contribution >= 4 is 25.2 Å². The Bertz CT molecular complexity index is 1000. The fourth-order valence-corrected chi connectivity index (χ4v) is 2.21. The lowest BCUT2D eigenvalue weighted by Gasteiger charge is -2.07. The molecule has 6 heteroatoms. The van der Waals surface area contributed by atoms with Crippen LogP contribution in [0.5, 0.6) is 11.5 Å². The van der Waals surface area contributed by atoms with Crippen LogP contribution in [-0.4, -0.2) is 19.8 Å². The zero-order chi connectivity index (χ0) is 19.2. The van der Waals surface area contributed by atoms with Gasteiger partial charge in [-0.1, -0.05) is 17.6 Å². The van der Waals surface area contributed by atoms with Crippen LogP contribution in [0.25, 0.3) is 0 Å². The van der Waals surface area contributed by atoms with Gasteiger partial charge in [-0.25, -0.2) is 9.59 Å². The molecular weight excluding hydrogens is 341 g/mol. The van der Waals surface area contributed by atoms with Crippen molar-refractivity contribution in [2.24, 2.45) is 0 Å². The molecule has 0 unspecified atom stereocenters. The molecule has 0 fully saturated rings. The maximum Gasteiger partial charge on any atom is 0.343 e. The summed E-state index contributed by atoms with van der Waals surface area (Å²) in [5.74, 6) is -0.455. The third-order valence-electron chi connectivity index (χ3n) is 3.64. The molecule has 27 heavy (non-hydrogen) atoms. The molecule has 5 nitrogen and oxygen atoms in total. The lowest BCUT2D eigenvalue weighted by atomic mass is 9.95. The summed E-state index contributed by atoms with van der Waals surface area (Å²) in [6.45, 7) is 0. The van der Waals surface area contributed by atoms with Gasteiger partial charge >= 0.3 is 11.9 Å². The van der Waals surface area contributed by atoms with Crippen LogP contribution in [0, 0.1) is 11.3 Å². The van der Waals surface area contributed by atoms with E-state index >= 15 is 0 Å². The molecular formula is C21H12BNO4. The lowest BCUT2D eigenvalue weighted by Crippen LogP contribution is -2.11. The zero-order valence-electron chi connectivity index (χ0n) is 14.1. The third kappa shape index (κ3) is 4.62. The fourth-order valence-electron chi connectivity index (χ4n) is 2.21. The number of nitrogens with zero attached hydrogens (tertiary/aromatic N) is 1. The second-order valence-corrected chi connectivity index (χ2v) is 5.56. The summed E-state index contributed by atoms with van der Waals surface area (Å²) >= 11 is 0. The monoisotopic (exact) mass is 353 g/mol. The first-order valence-corrected chi connectivity index (χ1v) is 7.95. The molecule has 0 saturated carbocycles. The zero-order valence-corrected chi connectivity index (χ0v) is 14.1. The first kappa shape index (κ1) is 18.0. The SMILES string of the molecule is [B]c1ccc(C(=O)Oc2ccc(C(=O)Oc3ccc(C#N)cc3)cc2)cc1. The minimum atomic E-state index is -0.559. The lowest BCUT2D eigenvalue weighted by molar-refractivity contribution is 0.0730. The largest absolute Gasteiger partial charge is 0.423 e. The van der Waals surface area contributed by atoms with Gasteiger partial charge in [0.15, 0.2) is 0 Å². The van der Waals surface area contributed by atoms with Crippen molar-refractivity contribution in [1.29, 1.82) is 5.26 Å². The highest BCUT2D eigenvalue weighted by molar-refractivity contribution is 6.32. The molecule has 0 saturated heterocycles. The standard InChI is InChI=1S/C21H12BNO4/c22-17-7-3-15(4-8-17)20(24)27-19-11-5-16(6-12-19)21(25)26-18-9-1-14(13-23)2-10-18/h1-12H. The number of carbonyl (C=O) groups excluding carboxylic acids is 2. The van der Waals surface area contributed by atoms with E-state index in [1.54, 1.807) is 48.5 Å². The minimum absolute atomic E-state index is 0.298. The van der Waals surface area contributed by atoms with Crippen molar-refractivity contribution in [3.8, 4) is 17.6 Å². The number of hydrogen-bond donors (Lipinski definition) is 0. The Morgan fingerprint density at radius 3 is 1.56 bits per heavy atom. The van der Waals surface area contributed by atoms with E-state index in [-0.39, 0.29) is 0 Å². The van der Waals surface area contributed by atoms with Crippen LogP contribution in [0.1, 0.15) is 26.3 Å². The quantitative estimate of drug-likeness (QED) is 0.410. The van der Waals surface area contributed by atoms with Crippen molar-refractivity contribution < 1.29 is 19.1 Å². The summed E-state index contributed by atoms with van der Waals surface area (Å²) < 4.78 is 10.5. The van der Waals surface area contributed by atoms with Crippen LogP contribution in [0.4, 0.5) is 0 Å². The predicted molar refractivity (Wildman–Crippen MR) is 99.3 cm³/mol. The van der Waals surface area contributed by atoms with E-state index in [2.05, 4.69) is 0 Å². The van der Waals surface area contributed by atoms with Gasteiger partial charge in [0.1, 0.15) is 19.3 Å². The third-order valence-corrected chi connectivity index (χ3v) is 3.64. The predicted octanol–water partition coefficient (Wildman–Crippen LogP) is 2.79. The van der Waals surface area contributed by atoms with Crippen LogP contribution in [0.2, 0.25) is 0 Å². The van der Waals surface area contributed by atoms with Crippen LogP contribution < -0.4 is 14.9 Å². The maximum absolute atomic E-state index is 12.1. The molecule has 0 N–H and O–H groups in total. The van der Waals surface area contributed by atoms with Gasteiger partial charge in [-0.3, -0.25) is 0 Å².